The van der Waals surface area contributed by atoms with Gasteiger partial charge in [-0.2, -0.15) is 0 Å². The first-order valence-electron chi connectivity index (χ1n) is 5.59. The predicted molar refractivity (Wildman–Crippen MR) is 73.1 cm³/mol. The molecule has 0 saturated heterocycles. The van der Waals surface area contributed by atoms with Crippen LogP contribution < -0.4 is 5.32 Å². The second-order valence-electron chi connectivity index (χ2n) is 4.03. The lowest BCUT2D eigenvalue weighted by molar-refractivity contribution is 0.0696. The predicted octanol–water partition coefficient (Wildman–Crippen LogP) is 2.39. The summed E-state index contributed by atoms with van der Waals surface area (Å²) in [6.07, 6.45) is 2.81. The monoisotopic (exact) mass is 291 g/mol. The maximum Gasteiger partial charge on any atom is 0.335 e. The van der Waals surface area contributed by atoms with Gasteiger partial charge in [0.1, 0.15) is 5.69 Å². The van der Waals surface area contributed by atoms with Crippen LogP contribution in [0.3, 0.4) is 0 Å². The summed E-state index contributed by atoms with van der Waals surface area (Å²) in [5, 5.41) is 11.7. The molecular formula is C13H10ClN3O3. The van der Waals surface area contributed by atoms with Gasteiger partial charge in [-0.3, -0.25) is 9.78 Å². The first-order chi connectivity index (χ1) is 9.45. The molecule has 0 bridgehead atoms. The summed E-state index contributed by atoms with van der Waals surface area (Å²) in [5.74, 6) is -1.62. The molecule has 0 saturated carbocycles. The van der Waals surface area contributed by atoms with Crippen molar-refractivity contribution in [3.8, 4) is 0 Å². The number of amides is 1. The van der Waals surface area contributed by atoms with E-state index in [1.54, 1.807) is 6.92 Å². The van der Waals surface area contributed by atoms with Crippen LogP contribution >= 0.6 is 11.6 Å². The van der Waals surface area contributed by atoms with Gasteiger partial charge in [-0.25, -0.2) is 9.78 Å². The van der Waals surface area contributed by atoms with Crippen molar-refractivity contribution in [1.29, 1.82) is 0 Å². The van der Waals surface area contributed by atoms with E-state index in [0.717, 1.165) is 0 Å². The number of aromatic nitrogens is 2. The standard InChI is InChI=1S/C13H10ClN3O3/c1-7-5-16-11(6-15-7)12(18)17-10-3-8(13(19)20)2-9(14)4-10/h2-6H,1H3,(H,17,18)(H,19,20). The van der Waals surface area contributed by atoms with Crippen molar-refractivity contribution in [3.05, 3.63) is 52.6 Å². The summed E-state index contributed by atoms with van der Waals surface area (Å²) in [6, 6.07) is 4.06. The van der Waals surface area contributed by atoms with E-state index in [4.69, 9.17) is 16.7 Å². The lowest BCUT2D eigenvalue weighted by Gasteiger charge is -2.06. The second-order valence-corrected chi connectivity index (χ2v) is 4.47. The van der Waals surface area contributed by atoms with E-state index in [-0.39, 0.29) is 22.0 Å². The molecule has 7 heteroatoms. The van der Waals surface area contributed by atoms with Crippen molar-refractivity contribution >= 4 is 29.2 Å². The van der Waals surface area contributed by atoms with Crippen LogP contribution in [0.2, 0.25) is 5.02 Å². The highest BCUT2D eigenvalue weighted by atomic mass is 35.5. The first kappa shape index (κ1) is 14.0. The Balaban J connectivity index is 2.23. The van der Waals surface area contributed by atoms with Gasteiger partial charge in [0.05, 0.1) is 17.5 Å². The Morgan fingerprint density at radius 3 is 2.55 bits per heavy atom. The number of anilines is 1. The van der Waals surface area contributed by atoms with E-state index in [1.165, 1.54) is 30.6 Å². The molecule has 0 aliphatic rings. The van der Waals surface area contributed by atoms with Gasteiger partial charge in [0.25, 0.3) is 5.91 Å². The summed E-state index contributed by atoms with van der Waals surface area (Å²) in [7, 11) is 0. The molecule has 0 unspecified atom stereocenters. The Hall–Kier alpha value is -2.47. The van der Waals surface area contributed by atoms with Gasteiger partial charge < -0.3 is 10.4 Å². The van der Waals surface area contributed by atoms with Crippen molar-refractivity contribution in [3.63, 3.8) is 0 Å². The molecule has 0 atom stereocenters. The lowest BCUT2D eigenvalue weighted by Crippen LogP contribution is -2.14. The average Bonchev–Trinajstić information content (AvgIpc) is 2.38. The quantitative estimate of drug-likeness (QED) is 0.906. The van der Waals surface area contributed by atoms with Crippen molar-refractivity contribution in [2.45, 2.75) is 6.92 Å². The van der Waals surface area contributed by atoms with E-state index >= 15 is 0 Å². The van der Waals surface area contributed by atoms with Crippen LogP contribution in [0.4, 0.5) is 5.69 Å². The molecule has 20 heavy (non-hydrogen) atoms. The summed E-state index contributed by atoms with van der Waals surface area (Å²) in [6.45, 7) is 1.75. The van der Waals surface area contributed by atoms with Crippen molar-refractivity contribution in [2.75, 3.05) is 5.32 Å². The molecular weight excluding hydrogens is 282 g/mol. The summed E-state index contributed by atoms with van der Waals surface area (Å²) < 4.78 is 0. The van der Waals surface area contributed by atoms with Gasteiger partial charge in [-0.15, -0.1) is 0 Å². The Morgan fingerprint density at radius 1 is 1.20 bits per heavy atom. The van der Waals surface area contributed by atoms with Crippen LogP contribution in [0.25, 0.3) is 0 Å². The van der Waals surface area contributed by atoms with Gasteiger partial charge in [0.2, 0.25) is 0 Å². The second kappa shape index (κ2) is 5.66. The van der Waals surface area contributed by atoms with E-state index in [0.29, 0.717) is 5.69 Å². The lowest BCUT2D eigenvalue weighted by atomic mass is 10.2. The molecule has 2 aromatic rings. The van der Waals surface area contributed by atoms with Crippen molar-refractivity contribution in [1.82, 2.24) is 9.97 Å². The number of halogens is 1. The summed E-state index contributed by atoms with van der Waals surface area (Å²) >= 11 is 5.80. The molecule has 2 rings (SSSR count). The Bertz CT molecular complexity index is 671. The highest BCUT2D eigenvalue weighted by Gasteiger charge is 2.11. The topological polar surface area (TPSA) is 92.2 Å². The molecule has 1 aromatic heterocycles. The van der Waals surface area contributed by atoms with Crippen LogP contribution in [0, 0.1) is 6.92 Å². The Kier molecular flexibility index (Phi) is 3.95. The largest absolute Gasteiger partial charge is 0.478 e. The number of carbonyl (C=O) groups is 2. The zero-order valence-corrected chi connectivity index (χ0v) is 11.2. The van der Waals surface area contributed by atoms with Crippen molar-refractivity contribution < 1.29 is 14.7 Å². The molecule has 1 aromatic carbocycles. The van der Waals surface area contributed by atoms with Crippen LogP contribution in [-0.2, 0) is 0 Å². The minimum Gasteiger partial charge on any atom is -0.478 e. The Labute approximate surface area is 119 Å². The molecule has 1 amide bonds. The number of benzene rings is 1. The third-order valence-corrected chi connectivity index (χ3v) is 2.63. The van der Waals surface area contributed by atoms with Crippen LogP contribution in [0.15, 0.2) is 30.6 Å². The zero-order valence-electron chi connectivity index (χ0n) is 10.4. The number of carbonyl (C=O) groups excluding carboxylic acids is 1. The van der Waals surface area contributed by atoms with Gasteiger partial charge in [0.15, 0.2) is 0 Å². The minimum atomic E-state index is -1.13. The minimum absolute atomic E-state index is 0.0113. The molecule has 102 valence electrons. The van der Waals surface area contributed by atoms with Crippen molar-refractivity contribution in [2.24, 2.45) is 0 Å². The first-order valence-corrected chi connectivity index (χ1v) is 5.97. The number of carboxylic acids is 1. The highest BCUT2D eigenvalue weighted by molar-refractivity contribution is 6.31. The third-order valence-electron chi connectivity index (χ3n) is 2.42. The number of rotatable bonds is 3. The normalized spacial score (nSPS) is 10.1. The van der Waals surface area contributed by atoms with Gasteiger partial charge >= 0.3 is 5.97 Å². The van der Waals surface area contributed by atoms with E-state index in [1.807, 2.05) is 0 Å². The fraction of sp³-hybridized carbons (Fsp3) is 0.0769. The van der Waals surface area contributed by atoms with Gasteiger partial charge in [-0.1, -0.05) is 11.6 Å². The smallest absolute Gasteiger partial charge is 0.335 e. The fourth-order valence-corrected chi connectivity index (χ4v) is 1.73. The SMILES string of the molecule is Cc1cnc(C(=O)Nc2cc(Cl)cc(C(=O)O)c2)cn1. The van der Waals surface area contributed by atoms with E-state index < -0.39 is 11.9 Å². The molecule has 6 nitrogen and oxygen atoms in total. The molecule has 1 heterocycles. The van der Waals surface area contributed by atoms with Crippen LogP contribution in [-0.4, -0.2) is 27.0 Å². The molecule has 2 N–H and O–H groups in total. The number of nitrogens with zero attached hydrogens (tertiary/aromatic N) is 2. The number of aromatic carboxylic acids is 1. The van der Waals surface area contributed by atoms with Crippen LogP contribution in [0.5, 0.6) is 0 Å². The molecule has 0 aliphatic heterocycles. The molecule has 0 radical (unpaired) electrons. The number of hydrogen-bond donors (Lipinski definition) is 2. The maximum atomic E-state index is 11.9. The van der Waals surface area contributed by atoms with E-state index in [9.17, 15) is 9.59 Å². The average molecular weight is 292 g/mol. The summed E-state index contributed by atoms with van der Waals surface area (Å²) in [4.78, 5) is 30.7. The zero-order chi connectivity index (χ0) is 14.7. The number of carboxylic acid groups (broad SMARTS) is 1. The number of aryl methyl sites for hydroxylation is 1. The summed E-state index contributed by atoms with van der Waals surface area (Å²) in [5.41, 5.74) is 1.09. The highest BCUT2D eigenvalue weighted by Crippen LogP contribution is 2.19. The Morgan fingerprint density at radius 2 is 1.95 bits per heavy atom. The molecule has 0 spiro atoms. The number of hydrogen-bond acceptors (Lipinski definition) is 4. The number of nitrogens with one attached hydrogen (secondary N) is 1. The fourth-order valence-electron chi connectivity index (χ4n) is 1.49. The van der Waals surface area contributed by atoms with Crippen LogP contribution in [0.1, 0.15) is 26.5 Å². The van der Waals surface area contributed by atoms with Gasteiger partial charge in [-0.05, 0) is 25.1 Å². The van der Waals surface area contributed by atoms with E-state index in [2.05, 4.69) is 15.3 Å². The third kappa shape index (κ3) is 3.30. The maximum absolute atomic E-state index is 11.9. The molecule has 0 fully saturated rings. The van der Waals surface area contributed by atoms with Gasteiger partial charge in [0, 0.05) is 16.9 Å². The molecule has 0 aliphatic carbocycles.